The number of hydrogen-bond acceptors (Lipinski definition) is 5. The number of piperazine rings is 1. The molecular weight excluding hydrogens is 370 g/mol. The topological polar surface area (TPSA) is 80.4 Å². The van der Waals surface area contributed by atoms with Crippen molar-refractivity contribution in [2.45, 2.75) is 0 Å². The van der Waals surface area contributed by atoms with E-state index in [4.69, 9.17) is 0 Å². The zero-order valence-electron chi connectivity index (χ0n) is 16.1. The molecule has 0 radical (unpaired) electrons. The lowest BCUT2D eigenvalue weighted by molar-refractivity contribution is 0.0735. The van der Waals surface area contributed by atoms with Crippen LogP contribution in [0.3, 0.4) is 0 Å². The number of nitrogens with zero attached hydrogens (tertiary/aromatic N) is 5. The lowest BCUT2D eigenvalue weighted by atomic mass is 10.2. The van der Waals surface area contributed by atoms with E-state index in [1.54, 1.807) is 29.2 Å². The highest BCUT2D eigenvalue weighted by atomic mass is 16.2. The largest absolute Gasteiger partial charge is 0.368 e. The van der Waals surface area contributed by atoms with Crippen molar-refractivity contribution in [2.24, 2.45) is 7.05 Å². The van der Waals surface area contributed by atoms with E-state index >= 15 is 0 Å². The van der Waals surface area contributed by atoms with Gasteiger partial charge in [0, 0.05) is 38.9 Å². The van der Waals surface area contributed by atoms with Crippen molar-refractivity contribution in [1.82, 2.24) is 19.2 Å². The van der Waals surface area contributed by atoms with Crippen LogP contribution in [0.25, 0.3) is 5.69 Å². The van der Waals surface area contributed by atoms with Gasteiger partial charge in [0.05, 0.1) is 5.69 Å². The van der Waals surface area contributed by atoms with Crippen LogP contribution in [0.2, 0.25) is 0 Å². The van der Waals surface area contributed by atoms with E-state index in [1.165, 1.54) is 7.05 Å². The maximum Gasteiger partial charge on any atom is 0.351 e. The summed E-state index contributed by atoms with van der Waals surface area (Å²) in [6.45, 7) is 2.27. The second-order valence-electron chi connectivity index (χ2n) is 6.86. The maximum atomic E-state index is 13.0. The van der Waals surface area contributed by atoms with E-state index in [0.29, 0.717) is 31.9 Å². The Balaban J connectivity index is 1.60. The van der Waals surface area contributed by atoms with Crippen molar-refractivity contribution < 1.29 is 4.79 Å². The van der Waals surface area contributed by atoms with Crippen molar-refractivity contribution in [1.29, 1.82) is 0 Å². The van der Waals surface area contributed by atoms with Crippen LogP contribution in [0.1, 0.15) is 10.5 Å². The van der Waals surface area contributed by atoms with E-state index in [9.17, 15) is 14.4 Å². The summed E-state index contributed by atoms with van der Waals surface area (Å²) in [5, 5.41) is 4.12. The van der Waals surface area contributed by atoms with Crippen LogP contribution in [0, 0.1) is 0 Å². The summed E-state index contributed by atoms with van der Waals surface area (Å²) in [5.41, 5.74) is 0.0794. The number of amides is 1. The Bertz CT molecular complexity index is 1130. The molecule has 2 heterocycles. The summed E-state index contributed by atoms with van der Waals surface area (Å²) in [5.74, 6) is -0.456. The molecule has 0 saturated carbocycles. The Morgan fingerprint density at radius 3 is 1.97 bits per heavy atom. The molecule has 1 aliphatic rings. The minimum atomic E-state index is -0.683. The SMILES string of the molecule is Cn1c(=O)c(C(=O)N2CCN(c3ccccc3)CC2)nn(-c2ccccc2)c1=O. The molecule has 2 aromatic carbocycles. The molecular formula is C21H21N5O3. The van der Waals surface area contributed by atoms with Crippen LogP contribution in [0.4, 0.5) is 5.69 Å². The standard InChI is InChI=1S/C21H21N5O3/c1-23-19(27)18(22-26(21(23)29)17-10-6-3-7-11-17)20(28)25-14-12-24(13-15-25)16-8-4-2-5-9-16/h2-11H,12-15H2,1H3. The third-order valence-electron chi connectivity index (χ3n) is 5.07. The van der Waals surface area contributed by atoms with Gasteiger partial charge in [-0.15, -0.1) is 0 Å². The van der Waals surface area contributed by atoms with Gasteiger partial charge in [0.2, 0.25) is 5.69 Å². The lowest BCUT2D eigenvalue weighted by Crippen LogP contribution is -2.51. The third kappa shape index (κ3) is 3.56. The fraction of sp³-hybridized carbons (Fsp3) is 0.238. The van der Waals surface area contributed by atoms with Crippen molar-refractivity contribution >= 4 is 11.6 Å². The molecule has 0 unspecified atom stereocenters. The van der Waals surface area contributed by atoms with Gasteiger partial charge in [-0.2, -0.15) is 9.78 Å². The van der Waals surface area contributed by atoms with E-state index in [1.807, 2.05) is 36.4 Å². The second kappa shape index (κ2) is 7.75. The fourth-order valence-electron chi connectivity index (χ4n) is 3.40. The van der Waals surface area contributed by atoms with Gasteiger partial charge in [-0.1, -0.05) is 36.4 Å². The van der Waals surface area contributed by atoms with Crippen molar-refractivity contribution in [3.05, 3.63) is 87.2 Å². The molecule has 8 nitrogen and oxygen atoms in total. The number of carbonyl (C=O) groups is 1. The van der Waals surface area contributed by atoms with Crippen molar-refractivity contribution in [3.63, 3.8) is 0 Å². The van der Waals surface area contributed by atoms with Gasteiger partial charge in [0.15, 0.2) is 0 Å². The number of aromatic nitrogens is 3. The highest BCUT2D eigenvalue weighted by Crippen LogP contribution is 2.16. The molecule has 0 atom stereocenters. The van der Waals surface area contributed by atoms with E-state index in [2.05, 4.69) is 10.00 Å². The molecule has 8 heteroatoms. The summed E-state index contributed by atoms with van der Waals surface area (Å²) >= 11 is 0. The predicted molar refractivity (Wildman–Crippen MR) is 110 cm³/mol. The van der Waals surface area contributed by atoms with E-state index in [0.717, 1.165) is 14.9 Å². The number of rotatable bonds is 3. The van der Waals surface area contributed by atoms with Crippen LogP contribution in [0.15, 0.2) is 70.3 Å². The van der Waals surface area contributed by atoms with Crippen LogP contribution in [0.5, 0.6) is 0 Å². The first-order valence-corrected chi connectivity index (χ1v) is 9.41. The van der Waals surface area contributed by atoms with Crippen LogP contribution in [-0.2, 0) is 7.05 Å². The Morgan fingerprint density at radius 1 is 0.828 bits per heavy atom. The minimum Gasteiger partial charge on any atom is -0.368 e. The Labute approximate surface area is 167 Å². The van der Waals surface area contributed by atoms with Gasteiger partial charge in [0.25, 0.3) is 11.5 Å². The smallest absolute Gasteiger partial charge is 0.351 e. The summed E-state index contributed by atoms with van der Waals surface area (Å²) in [7, 11) is 1.36. The van der Waals surface area contributed by atoms with Crippen LogP contribution in [-0.4, -0.2) is 51.3 Å². The molecule has 0 bridgehead atoms. The molecule has 1 aromatic heterocycles. The van der Waals surface area contributed by atoms with Gasteiger partial charge in [-0.05, 0) is 24.3 Å². The first kappa shape index (κ1) is 18.7. The van der Waals surface area contributed by atoms with Crippen molar-refractivity contribution in [2.75, 3.05) is 31.1 Å². The van der Waals surface area contributed by atoms with Gasteiger partial charge in [-0.3, -0.25) is 14.2 Å². The Hall–Kier alpha value is -3.68. The number of benzene rings is 2. The molecule has 4 rings (SSSR count). The average molecular weight is 391 g/mol. The average Bonchev–Trinajstić information content (AvgIpc) is 2.78. The minimum absolute atomic E-state index is 0.246. The fourth-order valence-corrected chi connectivity index (χ4v) is 3.40. The van der Waals surface area contributed by atoms with Crippen LogP contribution < -0.4 is 16.1 Å². The number of anilines is 1. The zero-order chi connectivity index (χ0) is 20.4. The van der Waals surface area contributed by atoms with Crippen LogP contribution >= 0.6 is 0 Å². The molecule has 1 saturated heterocycles. The van der Waals surface area contributed by atoms with Gasteiger partial charge in [-0.25, -0.2) is 4.79 Å². The highest BCUT2D eigenvalue weighted by molar-refractivity contribution is 5.92. The molecule has 148 valence electrons. The number of hydrogen-bond donors (Lipinski definition) is 0. The molecule has 0 aliphatic carbocycles. The summed E-state index contributed by atoms with van der Waals surface area (Å²) in [6.07, 6.45) is 0. The van der Waals surface area contributed by atoms with Gasteiger partial charge >= 0.3 is 5.69 Å². The Morgan fingerprint density at radius 2 is 1.38 bits per heavy atom. The van der Waals surface area contributed by atoms with E-state index < -0.39 is 17.2 Å². The maximum absolute atomic E-state index is 13.0. The Kier molecular flexibility index (Phi) is 4.99. The molecule has 0 spiro atoms. The normalized spacial score (nSPS) is 14.1. The molecule has 29 heavy (non-hydrogen) atoms. The first-order chi connectivity index (χ1) is 14.1. The van der Waals surface area contributed by atoms with E-state index in [-0.39, 0.29) is 5.69 Å². The lowest BCUT2D eigenvalue weighted by Gasteiger charge is -2.35. The third-order valence-corrected chi connectivity index (χ3v) is 5.07. The number of carbonyl (C=O) groups excluding carboxylic acids is 1. The molecule has 1 amide bonds. The van der Waals surface area contributed by atoms with Gasteiger partial charge < -0.3 is 9.80 Å². The zero-order valence-corrected chi connectivity index (χ0v) is 16.1. The summed E-state index contributed by atoms with van der Waals surface area (Å²) in [4.78, 5) is 41.9. The second-order valence-corrected chi connectivity index (χ2v) is 6.86. The molecule has 1 fully saturated rings. The molecule has 3 aromatic rings. The monoisotopic (exact) mass is 391 g/mol. The highest BCUT2D eigenvalue weighted by Gasteiger charge is 2.27. The molecule has 1 aliphatic heterocycles. The summed E-state index contributed by atoms with van der Waals surface area (Å²) in [6, 6.07) is 18.7. The van der Waals surface area contributed by atoms with Gasteiger partial charge in [0.1, 0.15) is 0 Å². The number of para-hydroxylation sites is 2. The summed E-state index contributed by atoms with van der Waals surface area (Å²) < 4.78 is 2.02. The quantitative estimate of drug-likeness (QED) is 0.663. The predicted octanol–water partition coefficient (Wildman–Crippen LogP) is 0.894. The van der Waals surface area contributed by atoms with Crippen molar-refractivity contribution in [3.8, 4) is 5.69 Å². The first-order valence-electron chi connectivity index (χ1n) is 9.41. The molecule has 0 N–H and O–H groups in total.